The first kappa shape index (κ1) is 15.6. The zero-order chi connectivity index (χ0) is 14.5. The zero-order valence-electron chi connectivity index (χ0n) is 10.5. The van der Waals surface area contributed by atoms with Gasteiger partial charge >= 0.3 is 5.97 Å². The normalized spacial score (nSPS) is 11.5. The Labute approximate surface area is 111 Å². The van der Waals surface area contributed by atoms with Gasteiger partial charge in [-0.15, -0.1) is 0 Å². The number of rotatable bonds is 7. The summed E-state index contributed by atoms with van der Waals surface area (Å²) in [4.78, 5) is 10.5. The largest absolute Gasteiger partial charge is 0.478 e. The molecule has 0 radical (unpaired) electrons. The van der Waals surface area contributed by atoms with Gasteiger partial charge in [-0.3, -0.25) is 0 Å². The molecule has 1 rings (SSSR count). The standard InChI is InChI=1S/C12H16FNO4S/c1-2-3-4-7-14-19(17,18)9-5-6-11(13)10(8-9)12(15)16/h5-6,8,14H,2-4,7H2,1H3,(H,15,16). The molecule has 5 nitrogen and oxygen atoms in total. The van der Waals surface area contributed by atoms with E-state index in [0.717, 1.165) is 31.0 Å². The molecule has 1 aromatic carbocycles. The van der Waals surface area contributed by atoms with Crippen molar-refractivity contribution in [3.8, 4) is 0 Å². The van der Waals surface area contributed by atoms with Gasteiger partial charge in [0.1, 0.15) is 5.82 Å². The Morgan fingerprint density at radius 1 is 1.37 bits per heavy atom. The van der Waals surface area contributed by atoms with Crippen molar-refractivity contribution in [2.45, 2.75) is 31.1 Å². The van der Waals surface area contributed by atoms with Gasteiger partial charge in [0.25, 0.3) is 0 Å². The number of unbranched alkanes of at least 4 members (excludes halogenated alkanes) is 2. The number of aromatic carboxylic acids is 1. The molecule has 0 fully saturated rings. The Morgan fingerprint density at radius 3 is 2.63 bits per heavy atom. The van der Waals surface area contributed by atoms with Gasteiger partial charge in [0.05, 0.1) is 10.5 Å². The lowest BCUT2D eigenvalue weighted by Crippen LogP contribution is -2.25. The Morgan fingerprint density at radius 2 is 2.05 bits per heavy atom. The van der Waals surface area contributed by atoms with Crippen LogP contribution in [0.15, 0.2) is 23.1 Å². The Bertz CT molecular complexity index is 557. The van der Waals surface area contributed by atoms with E-state index < -0.39 is 27.4 Å². The van der Waals surface area contributed by atoms with E-state index >= 15 is 0 Å². The summed E-state index contributed by atoms with van der Waals surface area (Å²) in [5.41, 5.74) is -0.656. The van der Waals surface area contributed by atoms with Crippen LogP contribution in [0, 0.1) is 5.82 Å². The van der Waals surface area contributed by atoms with Crippen molar-refractivity contribution < 1.29 is 22.7 Å². The van der Waals surface area contributed by atoms with Crippen LogP contribution in [0.25, 0.3) is 0 Å². The average molecular weight is 289 g/mol. The molecule has 0 heterocycles. The Hall–Kier alpha value is -1.47. The minimum absolute atomic E-state index is 0.247. The van der Waals surface area contributed by atoms with E-state index in [-0.39, 0.29) is 11.4 Å². The average Bonchev–Trinajstić information content (AvgIpc) is 2.34. The third-order valence-electron chi connectivity index (χ3n) is 2.55. The predicted octanol–water partition coefficient (Wildman–Crippen LogP) is 1.99. The summed E-state index contributed by atoms with van der Waals surface area (Å²) >= 11 is 0. The summed E-state index contributed by atoms with van der Waals surface area (Å²) in [5.74, 6) is -2.46. The predicted molar refractivity (Wildman–Crippen MR) is 68.1 cm³/mol. The van der Waals surface area contributed by atoms with Crippen molar-refractivity contribution in [2.75, 3.05) is 6.54 Å². The maximum absolute atomic E-state index is 13.2. The molecule has 0 aliphatic heterocycles. The summed E-state index contributed by atoms with van der Waals surface area (Å²) in [6.45, 7) is 2.27. The number of carbonyl (C=O) groups is 1. The quantitative estimate of drug-likeness (QED) is 0.752. The maximum atomic E-state index is 13.2. The zero-order valence-corrected chi connectivity index (χ0v) is 11.3. The van der Waals surface area contributed by atoms with Crippen molar-refractivity contribution in [2.24, 2.45) is 0 Å². The van der Waals surface area contributed by atoms with Gasteiger partial charge in [-0.25, -0.2) is 22.3 Å². The van der Waals surface area contributed by atoms with Crippen LogP contribution < -0.4 is 4.72 Å². The molecule has 0 saturated carbocycles. The van der Waals surface area contributed by atoms with Crippen LogP contribution in [-0.2, 0) is 10.0 Å². The first-order chi connectivity index (χ1) is 8.88. The number of hydrogen-bond donors (Lipinski definition) is 2. The Balaban J connectivity index is 2.89. The number of halogens is 1. The minimum atomic E-state index is -3.79. The van der Waals surface area contributed by atoms with E-state index in [4.69, 9.17) is 5.11 Å². The third-order valence-corrected chi connectivity index (χ3v) is 4.01. The van der Waals surface area contributed by atoms with Gasteiger partial charge in [0.15, 0.2) is 0 Å². The Kier molecular flexibility index (Phi) is 5.44. The van der Waals surface area contributed by atoms with Crippen molar-refractivity contribution in [1.82, 2.24) is 4.72 Å². The number of carboxylic acid groups (broad SMARTS) is 1. The van der Waals surface area contributed by atoms with Gasteiger partial charge in [-0.1, -0.05) is 19.8 Å². The molecular weight excluding hydrogens is 273 g/mol. The lowest BCUT2D eigenvalue weighted by molar-refractivity contribution is 0.0691. The van der Waals surface area contributed by atoms with Crippen molar-refractivity contribution in [3.63, 3.8) is 0 Å². The molecule has 0 aliphatic carbocycles. The lowest BCUT2D eigenvalue weighted by Gasteiger charge is -2.07. The summed E-state index contributed by atoms with van der Waals surface area (Å²) in [6, 6.07) is 2.70. The number of benzene rings is 1. The van der Waals surface area contributed by atoms with E-state index in [2.05, 4.69) is 4.72 Å². The first-order valence-corrected chi connectivity index (χ1v) is 7.39. The van der Waals surface area contributed by atoms with Crippen molar-refractivity contribution in [3.05, 3.63) is 29.6 Å². The van der Waals surface area contributed by atoms with Gasteiger partial charge in [-0.2, -0.15) is 0 Å². The fourth-order valence-corrected chi connectivity index (χ4v) is 2.60. The first-order valence-electron chi connectivity index (χ1n) is 5.91. The fraction of sp³-hybridized carbons (Fsp3) is 0.417. The van der Waals surface area contributed by atoms with E-state index in [1.165, 1.54) is 0 Å². The molecule has 0 amide bonds. The molecule has 0 spiro atoms. The van der Waals surface area contributed by atoms with E-state index in [0.29, 0.717) is 6.42 Å². The highest BCUT2D eigenvalue weighted by Gasteiger charge is 2.18. The van der Waals surface area contributed by atoms with Gasteiger partial charge in [-0.05, 0) is 24.6 Å². The minimum Gasteiger partial charge on any atom is -0.478 e. The van der Waals surface area contributed by atoms with Crippen LogP contribution in [-0.4, -0.2) is 26.0 Å². The third kappa shape index (κ3) is 4.29. The van der Waals surface area contributed by atoms with E-state index in [1.54, 1.807) is 0 Å². The van der Waals surface area contributed by atoms with Crippen LogP contribution >= 0.6 is 0 Å². The second-order valence-electron chi connectivity index (χ2n) is 4.05. The highest BCUT2D eigenvalue weighted by atomic mass is 32.2. The van der Waals surface area contributed by atoms with Gasteiger partial charge < -0.3 is 5.11 Å². The molecule has 0 aliphatic rings. The number of sulfonamides is 1. The second-order valence-corrected chi connectivity index (χ2v) is 5.82. The van der Waals surface area contributed by atoms with Crippen LogP contribution in [0.5, 0.6) is 0 Å². The van der Waals surface area contributed by atoms with Crippen LogP contribution in [0.4, 0.5) is 4.39 Å². The lowest BCUT2D eigenvalue weighted by atomic mass is 10.2. The number of nitrogens with one attached hydrogen (secondary N) is 1. The summed E-state index contributed by atoms with van der Waals surface area (Å²) in [7, 11) is -3.79. The molecule has 0 saturated heterocycles. The SMILES string of the molecule is CCCCCNS(=O)(=O)c1ccc(F)c(C(=O)O)c1. The van der Waals surface area contributed by atoms with Crippen molar-refractivity contribution in [1.29, 1.82) is 0 Å². The number of carboxylic acids is 1. The molecule has 2 N–H and O–H groups in total. The summed E-state index contributed by atoms with van der Waals surface area (Å²) in [5, 5.41) is 8.75. The highest BCUT2D eigenvalue weighted by molar-refractivity contribution is 7.89. The van der Waals surface area contributed by atoms with Crippen molar-refractivity contribution >= 4 is 16.0 Å². The fourth-order valence-electron chi connectivity index (χ4n) is 1.50. The summed E-state index contributed by atoms with van der Waals surface area (Å²) < 4.78 is 39.2. The van der Waals surface area contributed by atoms with Crippen LogP contribution in [0.2, 0.25) is 0 Å². The van der Waals surface area contributed by atoms with E-state index in [9.17, 15) is 17.6 Å². The molecule has 19 heavy (non-hydrogen) atoms. The van der Waals surface area contributed by atoms with E-state index in [1.807, 2.05) is 6.92 Å². The highest BCUT2D eigenvalue weighted by Crippen LogP contribution is 2.15. The molecule has 0 atom stereocenters. The maximum Gasteiger partial charge on any atom is 0.338 e. The monoisotopic (exact) mass is 289 g/mol. The molecule has 0 bridgehead atoms. The molecule has 106 valence electrons. The van der Waals surface area contributed by atoms with Crippen LogP contribution in [0.3, 0.4) is 0 Å². The molecular formula is C12H16FNO4S. The molecule has 1 aromatic rings. The number of hydrogen-bond acceptors (Lipinski definition) is 3. The van der Waals surface area contributed by atoms with Crippen LogP contribution in [0.1, 0.15) is 36.5 Å². The second kappa shape index (κ2) is 6.63. The van der Waals surface area contributed by atoms with Gasteiger partial charge in [0, 0.05) is 6.54 Å². The molecule has 0 unspecified atom stereocenters. The summed E-state index contributed by atoms with van der Waals surface area (Å²) in [6.07, 6.45) is 2.55. The smallest absolute Gasteiger partial charge is 0.338 e. The van der Waals surface area contributed by atoms with Gasteiger partial charge in [0.2, 0.25) is 10.0 Å². The topological polar surface area (TPSA) is 83.5 Å². The molecule has 0 aromatic heterocycles. The molecule has 7 heteroatoms.